The zero-order chi connectivity index (χ0) is 26.1. The van der Waals surface area contributed by atoms with Crippen LogP contribution in [0.1, 0.15) is 51.9 Å². The molecule has 1 amide bonds. The minimum atomic E-state index is 0.0282. The highest BCUT2D eigenvalue weighted by Crippen LogP contribution is 2.31. The maximum Gasteiger partial charge on any atom is 0.246 e. The largest absolute Gasteiger partial charge is 0.489 e. The van der Waals surface area contributed by atoms with E-state index < -0.39 is 0 Å². The summed E-state index contributed by atoms with van der Waals surface area (Å²) in [5, 5.41) is 17.6. The number of amides is 1. The van der Waals surface area contributed by atoms with Gasteiger partial charge in [0.05, 0.1) is 24.4 Å². The normalized spacial score (nSPS) is 39.1. The summed E-state index contributed by atoms with van der Waals surface area (Å²) in [6, 6.07) is 2.14. The summed E-state index contributed by atoms with van der Waals surface area (Å²) < 4.78 is 6.48. The maximum absolute atomic E-state index is 12.0. The Morgan fingerprint density at radius 3 is 2.95 bits per heavy atom. The van der Waals surface area contributed by atoms with E-state index in [1.165, 1.54) is 18.1 Å². The van der Waals surface area contributed by atoms with Gasteiger partial charge in [0.1, 0.15) is 11.9 Å². The molecule has 0 radical (unpaired) electrons. The van der Waals surface area contributed by atoms with Crippen molar-refractivity contribution in [3.8, 4) is 0 Å². The van der Waals surface area contributed by atoms with Gasteiger partial charge in [-0.25, -0.2) is 5.43 Å². The van der Waals surface area contributed by atoms with Crippen molar-refractivity contribution in [2.75, 3.05) is 26.3 Å². The SMILES string of the molecule is C=CC(=O)N1CC=C(C2CCC3NCNC(NC4CCC(OC5=CN6NCCC6C=C5)C(C)C4)C3N2)CC1. The zero-order valence-electron chi connectivity index (χ0n) is 22.7. The third-order valence-electron chi connectivity index (χ3n) is 9.45. The molecular weight excluding hydrogens is 478 g/mol. The van der Waals surface area contributed by atoms with Gasteiger partial charge in [0.25, 0.3) is 0 Å². The molecule has 6 aliphatic rings. The quantitative estimate of drug-likeness (QED) is 0.264. The molecule has 0 bridgehead atoms. The minimum absolute atomic E-state index is 0.0282. The molecule has 3 saturated heterocycles. The number of hydrazine groups is 1. The van der Waals surface area contributed by atoms with E-state index in [4.69, 9.17) is 4.74 Å². The zero-order valence-corrected chi connectivity index (χ0v) is 22.7. The molecule has 9 heteroatoms. The van der Waals surface area contributed by atoms with Crippen molar-refractivity contribution < 1.29 is 9.53 Å². The van der Waals surface area contributed by atoms with Crippen molar-refractivity contribution in [2.45, 2.75) is 94.3 Å². The monoisotopic (exact) mass is 523 g/mol. The van der Waals surface area contributed by atoms with Gasteiger partial charge in [-0.1, -0.05) is 31.2 Å². The van der Waals surface area contributed by atoms with Crippen LogP contribution in [0, 0.1) is 5.92 Å². The lowest BCUT2D eigenvalue weighted by atomic mass is 9.82. The number of hydrogen-bond donors (Lipinski definition) is 5. The summed E-state index contributed by atoms with van der Waals surface area (Å²) in [7, 11) is 0. The molecule has 0 aromatic rings. The Bertz CT molecular complexity index is 980. The molecule has 0 aromatic heterocycles. The Morgan fingerprint density at radius 2 is 2.13 bits per heavy atom. The van der Waals surface area contributed by atoms with Gasteiger partial charge < -0.3 is 20.0 Å². The second kappa shape index (κ2) is 11.5. The predicted molar refractivity (Wildman–Crippen MR) is 148 cm³/mol. The van der Waals surface area contributed by atoms with E-state index in [1.54, 1.807) is 0 Å². The number of allylic oxidation sites excluding steroid dienone is 1. The molecule has 5 aliphatic heterocycles. The molecule has 0 spiro atoms. The smallest absolute Gasteiger partial charge is 0.246 e. The predicted octanol–water partition coefficient (Wildman–Crippen LogP) is 1.45. The summed E-state index contributed by atoms with van der Waals surface area (Å²) in [4.78, 5) is 13.8. The topological polar surface area (TPSA) is 92.9 Å². The standard InChI is InChI=1S/C29H45N7O2/c1-3-27(37)35-14-11-20(12-15-35)24-7-8-25-28(34-24)29(31-18-30-25)33-21-4-9-26(19(2)16-21)38-23-6-5-22-10-13-32-36(22)17-23/h3,5-6,11,17,19,21-22,24-26,28-34H,1,4,7-10,12-16,18H2,2H3. The van der Waals surface area contributed by atoms with E-state index in [2.05, 4.69) is 69.6 Å². The molecule has 0 aromatic carbocycles. The van der Waals surface area contributed by atoms with E-state index in [-0.39, 0.29) is 18.2 Å². The van der Waals surface area contributed by atoms with Crippen LogP contribution in [0.4, 0.5) is 0 Å². The lowest BCUT2D eigenvalue weighted by Gasteiger charge is -2.48. The molecule has 9 nitrogen and oxygen atoms in total. The summed E-state index contributed by atoms with van der Waals surface area (Å²) in [5.41, 5.74) is 4.87. The van der Waals surface area contributed by atoms with Crippen LogP contribution in [0.25, 0.3) is 0 Å². The highest BCUT2D eigenvalue weighted by Gasteiger charge is 2.40. The number of nitrogens with zero attached hydrogens (tertiary/aromatic N) is 2. The average Bonchev–Trinajstić information content (AvgIpc) is 3.42. The van der Waals surface area contributed by atoms with Crippen molar-refractivity contribution >= 4 is 5.91 Å². The summed E-state index contributed by atoms with van der Waals surface area (Å²) >= 11 is 0. The van der Waals surface area contributed by atoms with Gasteiger partial charge >= 0.3 is 0 Å². The molecule has 5 N–H and O–H groups in total. The second-order valence-electron chi connectivity index (χ2n) is 11.9. The van der Waals surface area contributed by atoms with Crippen LogP contribution in [0.3, 0.4) is 0 Å². The van der Waals surface area contributed by atoms with E-state index in [0.29, 0.717) is 42.7 Å². The molecule has 8 unspecified atom stereocenters. The number of carbonyl (C=O) groups is 1. The van der Waals surface area contributed by atoms with Crippen LogP contribution in [0.5, 0.6) is 0 Å². The van der Waals surface area contributed by atoms with E-state index >= 15 is 0 Å². The Balaban J connectivity index is 1.02. The number of rotatable bonds is 6. The van der Waals surface area contributed by atoms with Crippen LogP contribution < -0.4 is 26.7 Å². The molecule has 6 rings (SSSR count). The van der Waals surface area contributed by atoms with Crippen molar-refractivity contribution in [3.05, 3.63) is 48.4 Å². The van der Waals surface area contributed by atoms with Crippen molar-refractivity contribution in [1.82, 2.24) is 36.6 Å². The van der Waals surface area contributed by atoms with E-state index in [9.17, 15) is 4.79 Å². The Morgan fingerprint density at radius 1 is 1.21 bits per heavy atom. The van der Waals surface area contributed by atoms with Crippen molar-refractivity contribution in [3.63, 3.8) is 0 Å². The number of hydrogen-bond acceptors (Lipinski definition) is 8. The molecule has 1 saturated carbocycles. The van der Waals surface area contributed by atoms with Gasteiger partial charge in [-0.05, 0) is 63.0 Å². The Labute approximate surface area is 227 Å². The van der Waals surface area contributed by atoms with Gasteiger partial charge in [-0.3, -0.25) is 20.7 Å². The Hall–Kier alpha value is -2.17. The van der Waals surface area contributed by atoms with Gasteiger partial charge in [-0.2, -0.15) is 0 Å². The van der Waals surface area contributed by atoms with Crippen LogP contribution in [-0.2, 0) is 9.53 Å². The van der Waals surface area contributed by atoms with Gasteiger partial charge in [0.2, 0.25) is 5.91 Å². The van der Waals surface area contributed by atoms with Crippen LogP contribution in [-0.4, -0.2) is 84.6 Å². The molecular formula is C29H45N7O2. The fourth-order valence-electron chi connectivity index (χ4n) is 7.24. The first-order valence-electron chi connectivity index (χ1n) is 14.7. The molecule has 5 heterocycles. The minimum Gasteiger partial charge on any atom is -0.489 e. The molecule has 208 valence electrons. The van der Waals surface area contributed by atoms with Crippen LogP contribution >= 0.6 is 0 Å². The fraction of sp³-hybridized carbons (Fsp3) is 0.690. The average molecular weight is 524 g/mol. The third kappa shape index (κ3) is 5.58. The molecule has 1 aliphatic carbocycles. The lowest BCUT2D eigenvalue weighted by molar-refractivity contribution is -0.125. The van der Waals surface area contributed by atoms with E-state index in [1.807, 2.05) is 4.90 Å². The number of fused-ring (bicyclic) bond motifs is 2. The Kier molecular flexibility index (Phi) is 7.90. The highest BCUT2D eigenvalue weighted by molar-refractivity contribution is 5.87. The fourth-order valence-corrected chi connectivity index (χ4v) is 7.24. The highest BCUT2D eigenvalue weighted by atomic mass is 16.5. The second-order valence-corrected chi connectivity index (χ2v) is 11.9. The molecule has 4 fully saturated rings. The maximum atomic E-state index is 12.0. The third-order valence-corrected chi connectivity index (χ3v) is 9.45. The summed E-state index contributed by atoms with van der Waals surface area (Å²) in [6.45, 7) is 9.31. The van der Waals surface area contributed by atoms with Gasteiger partial charge in [-0.15, -0.1) is 0 Å². The molecule has 8 atom stereocenters. The first-order valence-corrected chi connectivity index (χ1v) is 14.7. The van der Waals surface area contributed by atoms with Crippen molar-refractivity contribution in [2.24, 2.45) is 5.92 Å². The van der Waals surface area contributed by atoms with Crippen LogP contribution in [0.15, 0.2) is 48.4 Å². The number of nitrogens with one attached hydrogen (secondary N) is 5. The summed E-state index contributed by atoms with van der Waals surface area (Å²) in [5.74, 6) is 1.51. The summed E-state index contributed by atoms with van der Waals surface area (Å²) in [6.07, 6.45) is 18.5. The number of piperidine rings is 1. The molecule has 38 heavy (non-hydrogen) atoms. The first-order chi connectivity index (χ1) is 18.6. The number of carbonyl (C=O) groups excluding carboxylic acids is 1. The lowest BCUT2D eigenvalue weighted by Crippen LogP contribution is -2.73. The van der Waals surface area contributed by atoms with Crippen LogP contribution in [0.2, 0.25) is 0 Å². The first kappa shape index (κ1) is 26.1. The van der Waals surface area contributed by atoms with Crippen molar-refractivity contribution in [1.29, 1.82) is 0 Å². The van der Waals surface area contributed by atoms with Gasteiger partial charge in [0, 0.05) is 44.4 Å². The van der Waals surface area contributed by atoms with E-state index in [0.717, 1.165) is 64.0 Å². The van der Waals surface area contributed by atoms with Gasteiger partial charge in [0.15, 0.2) is 0 Å². The number of ether oxygens (including phenoxy) is 1.